The van der Waals surface area contributed by atoms with Crippen molar-refractivity contribution in [2.75, 3.05) is 18.8 Å². The van der Waals surface area contributed by atoms with Crippen molar-refractivity contribution in [2.24, 2.45) is 0 Å². The summed E-state index contributed by atoms with van der Waals surface area (Å²) in [7, 11) is 0. The van der Waals surface area contributed by atoms with E-state index in [1.54, 1.807) is 11.8 Å². The monoisotopic (exact) mass is 248 g/mol. The number of aliphatic carboxylic acids is 1. The zero-order chi connectivity index (χ0) is 12.6. The molecule has 0 saturated carbocycles. The second-order valence-corrected chi connectivity index (χ2v) is 6.21. The highest BCUT2D eigenvalue weighted by molar-refractivity contribution is 8.00. The first-order chi connectivity index (χ1) is 7.31. The summed E-state index contributed by atoms with van der Waals surface area (Å²) < 4.78 is 0.196. The summed E-state index contributed by atoms with van der Waals surface area (Å²) in [5.74, 6) is -0.0702. The lowest BCUT2D eigenvalue weighted by atomic mass is 10.3. The van der Waals surface area contributed by atoms with Gasteiger partial charge in [-0.25, -0.2) is 4.79 Å². The molecular formula is C10H20N2O3S. The molecule has 0 aromatic rings. The zero-order valence-corrected chi connectivity index (χ0v) is 10.8. The van der Waals surface area contributed by atoms with Gasteiger partial charge in [0.1, 0.15) is 0 Å². The average Bonchev–Trinajstić information content (AvgIpc) is 2.10. The minimum Gasteiger partial charge on any atom is -0.481 e. The quantitative estimate of drug-likeness (QED) is 0.619. The molecule has 0 unspecified atom stereocenters. The largest absolute Gasteiger partial charge is 0.481 e. The van der Waals surface area contributed by atoms with Crippen molar-refractivity contribution < 1.29 is 14.7 Å². The summed E-state index contributed by atoms with van der Waals surface area (Å²) in [5.41, 5.74) is 0. The van der Waals surface area contributed by atoms with Gasteiger partial charge < -0.3 is 15.7 Å². The first-order valence-electron chi connectivity index (χ1n) is 5.19. The van der Waals surface area contributed by atoms with Crippen LogP contribution in [0, 0.1) is 0 Å². The molecule has 3 N–H and O–H groups in total. The van der Waals surface area contributed by atoms with E-state index in [0.29, 0.717) is 6.54 Å². The predicted octanol–water partition coefficient (Wildman–Crippen LogP) is 1.29. The molecule has 94 valence electrons. The van der Waals surface area contributed by atoms with Crippen LogP contribution in [0.25, 0.3) is 0 Å². The normalized spacial score (nSPS) is 10.9. The van der Waals surface area contributed by atoms with Gasteiger partial charge >= 0.3 is 12.0 Å². The van der Waals surface area contributed by atoms with E-state index in [1.165, 1.54) is 0 Å². The molecule has 0 atom stereocenters. The van der Waals surface area contributed by atoms with E-state index in [0.717, 1.165) is 5.75 Å². The number of carbonyl (C=O) groups is 2. The summed E-state index contributed by atoms with van der Waals surface area (Å²) in [5, 5.41) is 13.5. The maximum absolute atomic E-state index is 11.1. The molecule has 0 saturated heterocycles. The minimum absolute atomic E-state index is 0.0514. The molecule has 0 heterocycles. The van der Waals surface area contributed by atoms with Gasteiger partial charge in [-0.1, -0.05) is 20.8 Å². The fourth-order valence-corrected chi connectivity index (χ4v) is 1.68. The third-order valence-corrected chi connectivity index (χ3v) is 2.82. The van der Waals surface area contributed by atoms with E-state index in [1.807, 2.05) is 0 Å². The average molecular weight is 248 g/mol. The lowest BCUT2D eigenvalue weighted by Crippen LogP contribution is -2.38. The Morgan fingerprint density at radius 3 is 2.25 bits per heavy atom. The Morgan fingerprint density at radius 1 is 1.19 bits per heavy atom. The first-order valence-corrected chi connectivity index (χ1v) is 6.17. The summed E-state index contributed by atoms with van der Waals surface area (Å²) in [6.45, 7) is 7.09. The van der Waals surface area contributed by atoms with Crippen LogP contribution in [-0.2, 0) is 4.79 Å². The SMILES string of the molecule is CC(C)(C)SCCNC(=O)NCCC(=O)O. The van der Waals surface area contributed by atoms with Crippen molar-refractivity contribution in [1.29, 1.82) is 0 Å². The van der Waals surface area contributed by atoms with Crippen molar-refractivity contribution in [2.45, 2.75) is 31.9 Å². The zero-order valence-electron chi connectivity index (χ0n) is 10.0. The molecule has 0 rings (SSSR count). The van der Waals surface area contributed by atoms with Crippen LogP contribution in [0.4, 0.5) is 4.79 Å². The lowest BCUT2D eigenvalue weighted by Gasteiger charge is -2.17. The summed E-state index contributed by atoms with van der Waals surface area (Å²) >= 11 is 1.77. The maximum Gasteiger partial charge on any atom is 0.314 e. The second-order valence-electron chi connectivity index (χ2n) is 4.29. The van der Waals surface area contributed by atoms with E-state index < -0.39 is 5.97 Å². The molecule has 0 aliphatic carbocycles. The summed E-state index contributed by atoms with van der Waals surface area (Å²) in [6, 6.07) is -0.309. The van der Waals surface area contributed by atoms with Crippen molar-refractivity contribution in [1.82, 2.24) is 10.6 Å². The highest BCUT2D eigenvalue weighted by Crippen LogP contribution is 2.21. The van der Waals surface area contributed by atoms with E-state index in [4.69, 9.17) is 5.11 Å². The molecule has 0 radical (unpaired) electrons. The predicted molar refractivity (Wildman–Crippen MR) is 65.9 cm³/mol. The molecule has 0 aliphatic rings. The van der Waals surface area contributed by atoms with E-state index in [9.17, 15) is 9.59 Å². The van der Waals surface area contributed by atoms with Crippen molar-refractivity contribution in [3.05, 3.63) is 0 Å². The van der Waals surface area contributed by atoms with E-state index in [2.05, 4.69) is 31.4 Å². The molecule has 0 aromatic carbocycles. The highest BCUT2D eigenvalue weighted by atomic mass is 32.2. The first kappa shape index (κ1) is 15.1. The molecule has 0 spiro atoms. The fraction of sp³-hybridized carbons (Fsp3) is 0.800. The van der Waals surface area contributed by atoms with Gasteiger partial charge in [0.15, 0.2) is 0 Å². The minimum atomic E-state index is -0.913. The summed E-state index contributed by atoms with van der Waals surface area (Å²) in [4.78, 5) is 21.3. The molecule has 0 aliphatic heterocycles. The van der Waals surface area contributed by atoms with Crippen LogP contribution in [-0.4, -0.2) is 40.7 Å². The van der Waals surface area contributed by atoms with Crippen LogP contribution in [0.1, 0.15) is 27.2 Å². The number of rotatable bonds is 6. The Bertz CT molecular complexity index is 239. The van der Waals surface area contributed by atoms with Gasteiger partial charge in [0.2, 0.25) is 0 Å². The van der Waals surface area contributed by atoms with Crippen LogP contribution < -0.4 is 10.6 Å². The van der Waals surface area contributed by atoms with Gasteiger partial charge in [0, 0.05) is 23.6 Å². The Labute approximate surface area is 100 Å². The molecule has 2 amide bonds. The Balaban J connectivity index is 3.41. The van der Waals surface area contributed by atoms with Gasteiger partial charge in [-0.15, -0.1) is 0 Å². The smallest absolute Gasteiger partial charge is 0.314 e. The number of hydrogen-bond acceptors (Lipinski definition) is 3. The highest BCUT2D eigenvalue weighted by Gasteiger charge is 2.09. The molecule has 16 heavy (non-hydrogen) atoms. The Morgan fingerprint density at radius 2 is 1.75 bits per heavy atom. The number of urea groups is 1. The molecule has 0 bridgehead atoms. The number of hydrogen-bond donors (Lipinski definition) is 3. The summed E-state index contributed by atoms with van der Waals surface area (Å²) in [6.07, 6.45) is -0.0514. The van der Waals surface area contributed by atoms with Crippen LogP contribution in [0.3, 0.4) is 0 Å². The number of thioether (sulfide) groups is 1. The van der Waals surface area contributed by atoms with Gasteiger partial charge in [-0.05, 0) is 0 Å². The molecular weight excluding hydrogens is 228 g/mol. The van der Waals surface area contributed by atoms with Gasteiger partial charge in [0.05, 0.1) is 6.42 Å². The number of carboxylic acids is 1. The Hall–Kier alpha value is -0.910. The fourth-order valence-electron chi connectivity index (χ4n) is 0.867. The van der Waals surface area contributed by atoms with Gasteiger partial charge in [-0.3, -0.25) is 4.79 Å². The lowest BCUT2D eigenvalue weighted by molar-refractivity contribution is -0.136. The molecule has 6 heteroatoms. The second kappa shape index (κ2) is 7.38. The number of carbonyl (C=O) groups excluding carboxylic acids is 1. The van der Waals surface area contributed by atoms with Gasteiger partial charge in [-0.2, -0.15) is 11.8 Å². The number of nitrogens with one attached hydrogen (secondary N) is 2. The van der Waals surface area contributed by atoms with Gasteiger partial charge in [0.25, 0.3) is 0 Å². The number of carboxylic acid groups (broad SMARTS) is 1. The van der Waals surface area contributed by atoms with Crippen molar-refractivity contribution >= 4 is 23.8 Å². The van der Waals surface area contributed by atoms with Crippen LogP contribution in [0.15, 0.2) is 0 Å². The standard InChI is InChI=1S/C10H20N2O3S/c1-10(2,3)16-7-6-12-9(15)11-5-4-8(13)14/h4-7H2,1-3H3,(H,13,14)(H2,11,12,15). The third-order valence-electron chi connectivity index (χ3n) is 1.55. The van der Waals surface area contributed by atoms with E-state index in [-0.39, 0.29) is 23.7 Å². The Kier molecular flexibility index (Phi) is 6.96. The van der Waals surface area contributed by atoms with E-state index >= 15 is 0 Å². The molecule has 5 nitrogen and oxygen atoms in total. The van der Waals surface area contributed by atoms with Crippen LogP contribution >= 0.6 is 11.8 Å². The van der Waals surface area contributed by atoms with Crippen LogP contribution in [0.5, 0.6) is 0 Å². The van der Waals surface area contributed by atoms with Crippen molar-refractivity contribution in [3.8, 4) is 0 Å². The maximum atomic E-state index is 11.1. The van der Waals surface area contributed by atoms with Crippen molar-refractivity contribution in [3.63, 3.8) is 0 Å². The third kappa shape index (κ3) is 11.2. The topological polar surface area (TPSA) is 78.4 Å². The number of amides is 2. The van der Waals surface area contributed by atoms with Crippen LogP contribution in [0.2, 0.25) is 0 Å². The molecule has 0 aromatic heterocycles. The molecule has 0 fully saturated rings.